The number of amides is 1. The van der Waals surface area contributed by atoms with Crippen LogP contribution in [0.25, 0.3) is 0 Å². The molecule has 0 radical (unpaired) electrons. The number of fused-ring (bicyclic) bond motifs is 1. The molecule has 1 aliphatic rings. The van der Waals surface area contributed by atoms with E-state index in [0.29, 0.717) is 5.69 Å². The highest BCUT2D eigenvalue weighted by atomic mass is 16.3. The summed E-state index contributed by atoms with van der Waals surface area (Å²) in [5.74, 6) is -0.0669. The number of hydrogen-bond acceptors (Lipinski definition) is 3. The average Bonchev–Trinajstić information content (AvgIpc) is 2.76. The van der Waals surface area contributed by atoms with Gasteiger partial charge in [-0.3, -0.25) is 4.79 Å². The van der Waals surface area contributed by atoms with Gasteiger partial charge in [0.05, 0.1) is 5.69 Å². The van der Waals surface area contributed by atoms with Gasteiger partial charge in [0, 0.05) is 0 Å². The van der Waals surface area contributed by atoms with Gasteiger partial charge in [0.25, 0.3) is 5.91 Å². The predicted octanol–water partition coefficient (Wildman–Crippen LogP) is 2.69. The lowest BCUT2D eigenvalue weighted by molar-refractivity contribution is -0.117. The molecule has 4 heteroatoms. The van der Waals surface area contributed by atoms with E-state index in [1.165, 1.54) is 11.8 Å². The summed E-state index contributed by atoms with van der Waals surface area (Å²) in [5, 5.41) is 5.96. The van der Waals surface area contributed by atoms with Crippen molar-refractivity contribution in [3.05, 3.63) is 47.9 Å². The molecule has 86 valence electrons. The molecule has 2 aromatic rings. The molecule has 3 rings (SSSR count). The van der Waals surface area contributed by atoms with Crippen LogP contribution in [0.15, 0.2) is 41.2 Å². The fourth-order valence-electron chi connectivity index (χ4n) is 1.93. The Labute approximate surface area is 98.6 Å². The number of rotatable bonds is 1. The number of hydrogen-bond donors (Lipinski definition) is 2. The van der Waals surface area contributed by atoms with E-state index >= 15 is 0 Å². The number of nitrogens with one attached hydrogen (secondary N) is 2. The van der Waals surface area contributed by atoms with E-state index in [0.717, 1.165) is 11.3 Å². The number of carbonyl (C=O) groups excluding carboxylic acids is 1. The topological polar surface area (TPSA) is 54.3 Å². The molecule has 1 aromatic heterocycles. The third kappa shape index (κ3) is 1.67. The van der Waals surface area contributed by atoms with Gasteiger partial charge in [0.1, 0.15) is 24.3 Å². The first-order chi connectivity index (χ1) is 8.24. The first kappa shape index (κ1) is 9.96. The smallest absolute Gasteiger partial charge is 0.251 e. The molecule has 0 fully saturated rings. The lowest BCUT2D eigenvalue weighted by atomic mass is 10.0. The van der Waals surface area contributed by atoms with Crippen LogP contribution >= 0.6 is 0 Å². The minimum absolute atomic E-state index is 0.0669. The maximum absolute atomic E-state index is 11.9. The molecule has 1 aliphatic heterocycles. The fraction of sp³-hybridized carbons (Fsp3) is 0.154. The van der Waals surface area contributed by atoms with Crippen LogP contribution in [0, 0.1) is 6.92 Å². The van der Waals surface area contributed by atoms with Gasteiger partial charge in [-0.15, -0.1) is 0 Å². The van der Waals surface area contributed by atoms with Gasteiger partial charge in [-0.05, 0) is 12.5 Å². The van der Waals surface area contributed by atoms with Crippen molar-refractivity contribution in [2.75, 3.05) is 10.6 Å². The van der Waals surface area contributed by atoms with Crippen LogP contribution in [-0.2, 0) is 4.79 Å². The third-order valence-electron chi connectivity index (χ3n) is 2.89. The second kappa shape index (κ2) is 3.66. The summed E-state index contributed by atoms with van der Waals surface area (Å²) in [6, 6.07) is 7.54. The zero-order chi connectivity index (χ0) is 11.8. The largest absolute Gasteiger partial charge is 0.468 e. The highest BCUT2D eigenvalue weighted by Gasteiger charge is 2.27. The Morgan fingerprint density at radius 3 is 2.59 bits per heavy atom. The molecular formula is C13H12N2O2. The molecule has 0 saturated heterocycles. The van der Waals surface area contributed by atoms with E-state index in [9.17, 15) is 4.79 Å². The molecule has 4 nitrogen and oxygen atoms in total. The van der Waals surface area contributed by atoms with Gasteiger partial charge in [0.15, 0.2) is 0 Å². The predicted molar refractivity (Wildman–Crippen MR) is 64.9 cm³/mol. The zero-order valence-corrected chi connectivity index (χ0v) is 9.36. The number of anilines is 2. The number of aryl methyl sites for hydroxylation is 1. The normalized spacial score (nSPS) is 18.2. The third-order valence-corrected chi connectivity index (χ3v) is 2.89. The van der Waals surface area contributed by atoms with E-state index in [2.05, 4.69) is 10.6 Å². The van der Waals surface area contributed by atoms with Gasteiger partial charge in [-0.2, -0.15) is 0 Å². The minimum Gasteiger partial charge on any atom is -0.468 e. The Hall–Kier alpha value is -2.23. The van der Waals surface area contributed by atoms with Gasteiger partial charge in [-0.25, -0.2) is 0 Å². The Balaban J connectivity index is 1.95. The maximum atomic E-state index is 11.9. The first-order valence-electron chi connectivity index (χ1n) is 5.44. The second-order valence-electron chi connectivity index (χ2n) is 4.18. The molecule has 2 N–H and O–H groups in total. The van der Waals surface area contributed by atoms with Crippen molar-refractivity contribution in [2.24, 2.45) is 0 Å². The van der Waals surface area contributed by atoms with E-state index in [1.807, 2.05) is 31.2 Å². The Bertz CT molecular complexity index is 557. The van der Waals surface area contributed by atoms with Gasteiger partial charge in [-0.1, -0.05) is 29.8 Å². The van der Waals surface area contributed by atoms with Gasteiger partial charge >= 0.3 is 0 Å². The highest BCUT2D eigenvalue weighted by Crippen LogP contribution is 2.32. The maximum Gasteiger partial charge on any atom is 0.251 e. The van der Waals surface area contributed by atoms with Crippen molar-refractivity contribution in [3.63, 3.8) is 0 Å². The molecular weight excluding hydrogens is 216 g/mol. The van der Waals surface area contributed by atoms with Crippen molar-refractivity contribution in [3.8, 4) is 0 Å². The summed E-state index contributed by atoms with van der Waals surface area (Å²) in [6.45, 7) is 2.02. The SMILES string of the molecule is Cc1ccc(C2Nc3cocc3NC2=O)cc1. The van der Waals surface area contributed by atoms with Crippen LogP contribution in [0.3, 0.4) is 0 Å². The average molecular weight is 228 g/mol. The summed E-state index contributed by atoms with van der Waals surface area (Å²) in [4.78, 5) is 11.9. The number of furan rings is 1. The highest BCUT2D eigenvalue weighted by molar-refractivity contribution is 6.03. The molecule has 1 aromatic carbocycles. The number of benzene rings is 1. The Kier molecular flexibility index (Phi) is 2.14. The van der Waals surface area contributed by atoms with Crippen LogP contribution in [0.4, 0.5) is 11.4 Å². The van der Waals surface area contributed by atoms with Gasteiger partial charge in [0.2, 0.25) is 0 Å². The van der Waals surface area contributed by atoms with Crippen LogP contribution < -0.4 is 10.6 Å². The van der Waals surface area contributed by atoms with Crippen LogP contribution in [0.5, 0.6) is 0 Å². The monoisotopic (exact) mass is 228 g/mol. The molecule has 17 heavy (non-hydrogen) atoms. The molecule has 1 atom stereocenters. The molecule has 0 bridgehead atoms. The quantitative estimate of drug-likeness (QED) is 0.789. The molecule has 1 amide bonds. The van der Waals surface area contributed by atoms with Crippen molar-refractivity contribution < 1.29 is 9.21 Å². The van der Waals surface area contributed by atoms with Crippen LogP contribution in [0.2, 0.25) is 0 Å². The Morgan fingerprint density at radius 2 is 1.82 bits per heavy atom. The molecule has 2 heterocycles. The zero-order valence-electron chi connectivity index (χ0n) is 9.36. The summed E-state index contributed by atoms with van der Waals surface area (Å²) < 4.78 is 5.04. The van der Waals surface area contributed by atoms with E-state index in [1.54, 1.807) is 6.26 Å². The molecule has 0 spiro atoms. The number of carbonyl (C=O) groups is 1. The van der Waals surface area contributed by atoms with Crippen molar-refractivity contribution in [2.45, 2.75) is 13.0 Å². The van der Waals surface area contributed by atoms with E-state index < -0.39 is 0 Å². The molecule has 0 aliphatic carbocycles. The minimum atomic E-state index is -0.360. The lowest BCUT2D eigenvalue weighted by Gasteiger charge is -2.24. The van der Waals surface area contributed by atoms with Crippen molar-refractivity contribution >= 4 is 17.3 Å². The van der Waals surface area contributed by atoms with Crippen molar-refractivity contribution in [1.29, 1.82) is 0 Å². The van der Waals surface area contributed by atoms with Gasteiger partial charge < -0.3 is 15.1 Å². The van der Waals surface area contributed by atoms with E-state index in [-0.39, 0.29) is 11.9 Å². The van der Waals surface area contributed by atoms with Crippen molar-refractivity contribution in [1.82, 2.24) is 0 Å². The second-order valence-corrected chi connectivity index (χ2v) is 4.18. The standard InChI is InChI=1S/C13H12N2O2/c1-8-2-4-9(5-3-8)12-13(16)15-11-7-17-6-10(11)14-12/h2-7,12,14H,1H3,(H,15,16). The lowest BCUT2D eigenvalue weighted by Crippen LogP contribution is -2.31. The summed E-state index contributed by atoms with van der Waals surface area (Å²) in [5.41, 5.74) is 3.63. The fourth-order valence-corrected chi connectivity index (χ4v) is 1.93. The summed E-state index contributed by atoms with van der Waals surface area (Å²) in [6.07, 6.45) is 3.11. The summed E-state index contributed by atoms with van der Waals surface area (Å²) >= 11 is 0. The van der Waals surface area contributed by atoms with Crippen LogP contribution in [0.1, 0.15) is 17.2 Å². The Morgan fingerprint density at radius 1 is 1.12 bits per heavy atom. The molecule has 1 unspecified atom stereocenters. The van der Waals surface area contributed by atoms with Crippen LogP contribution in [-0.4, -0.2) is 5.91 Å². The summed E-state index contributed by atoms with van der Waals surface area (Å²) in [7, 11) is 0. The first-order valence-corrected chi connectivity index (χ1v) is 5.44. The van der Waals surface area contributed by atoms with E-state index in [4.69, 9.17) is 4.42 Å². The molecule has 0 saturated carbocycles.